The van der Waals surface area contributed by atoms with Crippen LogP contribution in [0, 0.1) is 16.0 Å². The zero-order valence-corrected chi connectivity index (χ0v) is 16.8. The molecule has 7 heteroatoms. The smallest absolute Gasteiger partial charge is 0.274 e. The molecule has 156 valence electrons. The first-order chi connectivity index (χ1) is 15.6. The summed E-state index contributed by atoms with van der Waals surface area (Å²) in [5, 5.41) is 20.3. The van der Waals surface area contributed by atoms with E-state index in [2.05, 4.69) is 10.2 Å². The SMILES string of the molecule is O=C1c2ccccc2C(=O)C1C1=C[C@@H](c2ccccc2)[C@H](c2ccccc2[N+](=O)[O-])N=N1. The third-order valence-corrected chi connectivity index (χ3v) is 5.90. The molecule has 1 aliphatic carbocycles. The fourth-order valence-corrected chi connectivity index (χ4v) is 4.39. The van der Waals surface area contributed by atoms with Gasteiger partial charge in [0.2, 0.25) is 0 Å². The second kappa shape index (κ2) is 7.77. The lowest BCUT2D eigenvalue weighted by atomic mass is 9.83. The molecule has 0 saturated carbocycles. The second-order valence-corrected chi connectivity index (χ2v) is 7.71. The highest BCUT2D eigenvalue weighted by Crippen LogP contribution is 2.45. The molecule has 1 aliphatic heterocycles. The van der Waals surface area contributed by atoms with Crippen molar-refractivity contribution in [2.75, 3.05) is 0 Å². The molecule has 1 heterocycles. The van der Waals surface area contributed by atoms with Gasteiger partial charge in [-0.25, -0.2) is 0 Å². The predicted molar refractivity (Wildman–Crippen MR) is 117 cm³/mol. The third kappa shape index (κ3) is 3.15. The van der Waals surface area contributed by atoms with Crippen LogP contribution in [0.5, 0.6) is 0 Å². The summed E-state index contributed by atoms with van der Waals surface area (Å²) in [6.07, 6.45) is 1.76. The van der Waals surface area contributed by atoms with Crippen LogP contribution in [-0.4, -0.2) is 16.5 Å². The number of rotatable bonds is 4. The van der Waals surface area contributed by atoms with Crippen molar-refractivity contribution in [1.29, 1.82) is 0 Å². The van der Waals surface area contributed by atoms with Gasteiger partial charge in [0.25, 0.3) is 5.69 Å². The number of allylic oxidation sites excluding steroid dienone is 1. The van der Waals surface area contributed by atoms with Crippen molar-refractivity contribution < 1.29 is 14.5 Å². The van der Waals surface area contributed by atoms with Crippen molar-refractivity contribution in [3.05, 3.63) is 123 Å². The van der Waals surface area contributed by atoms with Crippen LogP contribution >= 0.6 is 0 Å². The minimum absolute atomic E-state index is 0.0466. The zero-order chi connectivity index (χ0) is 22.2. The van der Waals surface area contributed by atoms with Gasteiger partial charge in [-0.2, -0.15) is 10.2 Å². The molecule has 0 fully saturated rings. The summed E-state index contributed by atoms with van der Waals surface area (Å²) in [5.74, 6) is -2.07. The Kier molecular flexibility index (Phi) is 4.78. The molecule has 0 N–H and O–H groups in total. The van der Waals surface area contributed by atoms with Crippen LogP contribution in [0.15, 0.2) is 101 Å². The summed E-state index contributed by atoms with van der Waals surface area (Å²) in [6.45, 7) is 0. The van der Waals surface area contributed by atoms with E-state index in [9.17, 15) is 19.7 Å². The van der Waals surface area contributed by atoms with Gasteiger partial charge in [0.05, 0.1) is 16.2 Å². The first-order valence-electron chi connectivity index (χ1n) is 10.1. The number of ketones is 2. The topological polar surface area (TPSA) is 102 Å². The largest absolute Gasteiger partial charge is 0.293 e. The van der Waals surface area contributed by atoms with E-state index in [-0.39, 0.29) is 23.0 Å². The van der Waals surface area contributed by atoms with E-state index >= 15 is 0 Å². The normalized spacial score (nSPS) is 20.2. The molecule has 0 aromatic heterocycles. The number of fused-ring (bicyclic) bond motifs is 1. The average molecular weight is 423 g/mol. The monoisotopic (exact) mass is 423 g/mol. The second-order valence-electron chi connectivity index (χ2n) is 7.71. The van der Waals surface area contributed by atoms with Gasteiger partial charge in [-0.15, -0.1) is 0 Å². The van der Waals surface area contributed by atoms with Crippen LogP contribution in [-0.2, 0) is 0 Å². The molecule has 2 atom stereocenters. The summed E-state index contributed by atoms with van der Waals surface area (Å²) in [7, 11) is 0. The van der Waals surface area contributed by atoms with Crippen molar-refractivity contribution in [3.63, 3.8) is 0 Å². The van der Waals surface area contributed by atoms with Crippen LogP contribution in [0.25, 0.3) is 0 Å². The molecular weight excluding hydrogens is 406 g/mol. The first-order valence-corrected chi connectivity index (χ1v) is 10.1. The summed E-state index contributed by atoms with van der Waals surface area (Å²) in [6, 6.07) is 21.9. The van der Waals surface area contributed by atoms with Crippen LogP contribution in [0.4, 0.5) is 5.69 Å². The predicted octanol–water partition coefficient (Wildman–Crippen LogP) is 5.46. The Labute approximate surface area is 183 Å². The van der Waals surface area contributed by atoms with Crippen LogP contribution in [0.2, 0.25) is 0 Å². The van der Waals surface area contributed by atoms with Gasteiger partial charge in [0.1, 0.15) is 12.0 Å². The molecule has 0 saturated heterocycles. The number of benzene rings is 3. The number of Topliss-reactive ketones (excluding diaryl/α,β-unsaturated/α-hetero) is 2. The number of nitrogens with zero attached hydrogens (tertiary/aromatic N) is 3. The van der Waals surface area contributed by atoms with Gasteiger partial charge in [-0.3, -0.25) is 19.7 Å². The molecule has 0 bridgehead atoms. The van der Waals surface area contributed by atoms with Gasteiger partial charge in [-0.1, -0.05) is 66.7 Å². The van der Waals surface area contributed by atoms with Crippen molar-refractivity contribution >= 4 is 17.3 Å². The number of carbonyl (C=O) groups excluding carboxylic acids is 2. The molecule has 0 unspecified atom stereocenters. The van der Waals surface area contributed by atoms with E-state index in [0.29, 0.717) is 16.7 Å². The zero-order valence-electron chi connectivity index (χ0n) is 16.8. The Hall–Kier alpha value is -4.26. The molecule has 5 rings (SSSR count). The maximum atomic E-state index is 13.0. The van der Waals surface area contributed by atoms with Crippen LogP contribution < -0.4 is 0 Å². The van der Waals surface area contributed by atoms with E-state index in [1.54, 1.807) is 48.5 Å². The number of para-hydroxylation sites is 1. The molecule has 0 amide bonds. The van der Waals surface area contributed by atoms with Crippen molar-refractivity contribution in [1.82, 2.24) is 0 Å². The lowest BCUT2D eigenvalue weighted by Gasteiger charge is -2.26. The number of azo groups is 1. The Morgan fingerprint density at radius 1 is 0.781 bits per heavy atom. The van der Waals surface area contributed by atoms with E-state index in [4.69, 9.17) is 0 Å². The first kappa shape index (κ1) is 19.7. The fraction of sp³-hybridized carbons (Fsp3) is 0.120. The Morgan fingerprint density at radius 3 is 2.03 bits per heavy atom. The van der Waals surface area contributed by atoms with Gasteiger partial charge < -0.3 is 0 Å². The summed E-state index contributed by atoms with van der Waals surface area (Å²) < 4.78 is 0. The fourth-order valence-electron chi connectivity index (χ4n) is 4.39. The van der Waals surface area contributed by atoms with Gasteiger partial charge in [-0.05, 0) is 17.7 Å². The summed E-state index contributed by atoms with van der Waals surface area (Å²) in [5.41, 5.74) is 2.29. The van der Waals surface area contributed by atoms with Crippen LogP contribution in [0.1, 0.15) is 43.8 Å². The molecule has 7 nitrogen and oxygen atoms in total. The number of hydrogen-bond donors (Lipinski definition) is 0. The molecule has 0 spiro atoms. The van der Waals surface area contributed by atoms with Gasteiger partial charge in [0, 0.05) is 23.1 Å². The Bertz CT molecular complexity index is 1280. The Balaban J connectivity index is 1.60. The summed E-state index contributed by atoms with van der Waals surface area (Å²) >= 11 is 0. The van der Waals surface area contributed by atoms with E-state index in [0.717, 1.165) is 5.56 Å². The van der Waals surface area contributed by atoms with Crippen molar-refractivity contribution in [2.24, 2.45) is 16.1 Å². The summed E-state index contributed by atoms with van der Waals surface area (Å²) in [4.78, 5) is 37.2. The van der Waals surface area contributed by atoms with Crippen molar-refractivity contribution in [2.45, 2.75) is 12.0 Å². The molecular formula is C25H17N3O4. The maximum absolute atomic E-state index is 13.0. The average Bonchev–Trinajstić information content (AvgIpc) is 3.09. The van der Waals surface area contributed by atoms with Gasteiger partial charge in [0.15, 0.2) is 11.6 Å². The van der Waals surface area contributed by atoms with Crippen molar-refractivity contribution in [3.8, 4) is 0 Å². The molecule has 32 heavy (non-hydrogen) atoms. The van der Waals surface area contributed by atoms with Crippen LogP contribution in [0.3, 0.4) is 0 Å². The van der Waals surface area contributed by atoms with Gasteiger partial charge >= 0.3 is 0 Å². The van der Waals surface area contributed by atoms with E-state index in [1.807, 2.05) is 30.3 Å². The molecule has 2 aliphatic rings. The lowest BCUT2D eigenvalue weighted by molar-refractivity contribution is -0.385. The lowest BCUT2D eigenvalue weighted by Crippen LogP contribution is -2.21. The number of hydrogen-bond acceptors (Lipinski definition) is 6. The maximum Gasteiger partial charge on any atom is 0.274 e. The quantitative estimate of drug-likeness (QED) is 0.316. The number of nitro groups is 1. The highest BCUT2D eigenvalue weighted by atomic mass is 16.6. The highest BCUT2D eigenvalue weighted by molar-refractivity contribution is 6.28. The number of carbonyl (C=O) groups is 2. The standard InChI is InChI=1S/C25H17N3O4/c29-24-16-10-4-5-11-17(16)25(30)22(24)20-14-19(15-8-2-1-3-9-15)23(27-26-20)18-12-6-7-13-21(18)28(31)32/h1-14,19,22-23H/t19-,23-/m0/s1. The Morgan fingerprint density at radius 2 is 1.38 bits per heavy atom. The van der Waals surface area contributed by atoms with E-state index < -0.39 is 22.8 Å². The molecule has 3 aromatic rings. The molecule has 3 aromatic carbocycles. The molecule has 0 radical (unpaired) electrons. The van der Waals surface area contributed by atoms with E-state index in [1.165, 1.54) is 6.07 Å². The minimum Gasteiger partial charge on any atom is -0.293 e. The third-order valence-electron chi connectivity index (χ3n) is 5.90. The number of nitro benzene ring substituents is 1. The minimum atomic E-state index is -1.05. The highest BCUT2D eigenvalue weighted by Gasteiger charge is 2.43.